The van der Waals surface area contributed by atoms with Crippen molar-refractivity contribution in [1.29, 1.82) is 0 Å². The Morgan fingerprint density at radius 1 is 1.32 bits per heavy atom. The highest BCUT2D eigenvalue weighted by molar-refractivity contribution is 7.14. The van der Waals surface area contributed by atoms with Gasteiger partial charge in [-0.2, -0.15) is 0 Å². The Morgan fingerprint density at radius 2 is 2.00 bits per heavy atom. The van der Waals surface area contributed by atoms with Crippen LogP contribution >= 0.6 is 11.3 Å². The van der Waals surface area contributed by atoms with E-state index in [2.05, 4.69) is 15.6 Å². The van der Waals surface area contributed by atoms with E-state index in [0.717, 1.165) is 22.0 Å². The molecule has 0 spiro atoms. The lowest BCUT2D eigenvalue weighted by atomic mass is 10.1. The predicted octanol–water partition coefficient (Wildman–Crippen LogP) is 3.05. The molecule has 0 saturated heterocycles. The number of amides is 1. The molecule has 0 aliphatic rings. The van der Waals surface area contributed by atoms with Crippen LogP contribution in [0.1, 0.15) is 25.5 Å². The van der Waals surface area contributed by atoms with Crippen molar-refractivity contribution in [3.05, 3.63) is 35.2 Å². The number of hydrogen-bond donors (Lipinski definition) is 2. The monoisotopic (exact) mass is 275 g/mol. The molecule has 0 unspecified atom stereocenters. The number of benzene rings is 1. The molecule has 100 valence electrons. The number of nitrogens with zero attached hydrogens (tertiary/aromatic N) is 1. The van der Waals surface area contributed by atoms with Gasteiger partial charge in [0.25, 0.3) is 0 Å². The first-order valence-corrected chi connectivity index (χ1v) is 6.99. The second kappa shape index (κ2) is 5.84. The Kier molecular flexibility index (Phi) is 4.16. The van der Waals surface area contributed by atoms with E-state index in [0.29, 0.717) is 0 Å². The van der Waals surface area contributed by atoms with Gasteiger partial charge in [-0.15, -0.1) is 11.3 Å². The van der Waals surface area contributed by atoms with Crippen molar-refractivity contribution in [2.75, 3.05) is 12.4 Å². The summed E-state index contributed by atoms with van der Waals surface area (Å²) in [6.07, 6.45) is 0. The second-order valence-corrected chi connectivity index (χ2v) is 5.19. The lowest BCUT2D eigenvalue weighted by Gasteiger charge is -2.12. The zero-order valence-corrected chi connectivity index (χ0v) is 12.0. The molecule has 1 heterocycles. The molecule has 0 bridgehead atoms. The number of hydrogen-bond acceptors (Lipinski definition) is 4. The van der Waals surface area contributed by atoms with Crippen LogP contribution < -0.4 is 10.6 Å². The van der Waals surface area contributed by atoms with E-state index in [-0.39, 0.29) is 11.9 Å². The van der Waals surface area contributed by atoms with Gasteiger partial charge in [-0.05, 0) is 12.5 Å². The molecule has 2 aromatic rings. The molecule has 5 heteroatoms. The van der Waals surface area contributed by atoms with Crippen LogP contribution in [0.25, 0.3) is 11.3 Å². The zero-order chi connectivity index (χ0) is 13.8. The second-order valence-electron chi connectivity index (χ2n) is 4.33. The molecule has 19 heavy (non-hydrogen) atoms. The summed E-state index contributed by atoms with van der Waals surface area (Å²) < 4.78 is 0. The zero-order valence-electron chi connectivity index (χ0n) is 11.2. The lowest BCUT2D eigenvalue weighted by Crippen LogP contribution is -2.23. The highest BCUT2D eigenvalue weighted by Gasteiger charge is 2.08. The van der Waals surface area contributed by atoms with E-state index in [1.165, 1.54) is 6.92 Å². The minimum atomic E-state index is -0.0188. The largest absolute Gasteiger partial charge is 0.365 e. The molecule has 0 aliphatic carbocycles. The van der Waals surface area contributed by atoms with Gasteiger partial charge in [0.05, 0.1) is 11.7 Å². The van der Waals surface area contributed by atoms with Gasteiger partial charge in [0.1, 0.15) is 0 Å². The first-order valence-electron chi connectivity index (χ1n) is 6.11. The quantitative estimate of drug-likeness (QED) is 0.901. The van der Waals surface area contributed by atoms with Crippen molar-refractivity contribution in [2.24, 2.45) is 0 Å². The van der Waals surface area contributed by atoms with Crippen LogP contribution in [0.5, 0.6) is 0 Å². The van der Waals surface area contributed by atoms with Crippen LogP contribution in [-0.2, 0) is 4.79 Å². The Bertz CT molecular complexity index is 562. The Morgan fingerprint density at radius 3 is 2.53 bits per heavy atom. The number of rotatable bonds is 4. The molecule has 0 aliphatic heterocycles. The molecule has 4 nitrogen and oxygen atoms in total. The smallest absolute Gasteiger partial charge is 0.217 e. The summed E-state index contributed by atoms with van der Waals surface area (Å²) in [5.74, 6) is -0.0188. The SMILES string of the molecule is CNc1nc(-c2ccc([C@H](C)NC(C)=O)cc2)cs1. The standard InChI is InChI=1S/C14H17N3OS/c1-9(16-10(2)18)11-4-6-12(7-5-11)13-8-19-14(15-3)17-13/h4-9H,1-3H3,(H,15,17)(H,16,18)/t9-/m0/s1. The molecule has 0 radical (unpaired) electrons. The molecule has 0 fully saturated rings. The van der Waals surface area contributed by atoms with Gasteiger partial charge in [0.2, 0.25) is 5.91 Å². The van der Waals surface area contributed by atoms with E-state index in [1.807, 2.05) is 43.6 Å². The molecular formula is C14H17N3OS. The first-order chi connectivity index (χ1) is 9.10. The first kappa shape index (κ1) is 13.5. The molecule has 1 amide bonds. The summed E-state index contributed by atoms with van der Waals surface area (Å²) in [4.78, 5) is 15.5. The van der Waals surface area contributed by atoms with Gasteiger partial charge in [-0.25, -0.2) is 4.98 Å². The molecule has 1 aromatic heterocycles. The third-order valence-corrected chi connectivity index (χ3v) is 3.70. The van der Waals surface area contributed by atoms with Crippen LogP contribution in [0.2, 0.25) is 0 Å². The van der Waals surface area contributed by atoms with Crippen molar-refractivity contribution in [3.63, 3.8) is 0 Å². The number of carbonyl (C=O) groups is 1. The maximum atomic E-state index is 11.0. The van der Waals surface area contributed by atoms with Gasteiger partial charge < -0.3 is 10.6 Å². The van der Waals surface area contributed by atoms with E-state index in [9.17, 15) is 4.79 Å². The van der Waals surface area contributed by atoms with E-state index >= 15 is 0 Å². The average Bonchev–Trinajstić information content (AvgIpc) is 2.87. The fourth-order valence-electron chi connectivity index (χ4n) is 1.85. The molecular weight excluding hydrogens is 258 g/mol. The van der Waals surface area contributed by atoms with Gasteiger partial charge >= 0.3 is 0 Å². The van der Waals surface area contributed by atoms with Crippen molar-refractivity contribution >= 4 is 22.4 Å². The number of nitrogens with one attached hydrogen (secondary N) is 2. The third-order valence-electron chi connectivity index (χ3n) is 2.84. The topological polar surface area (TPSA) is 54.0 Å². The van der Waals surface area contributed by atoms with Gasteiger partial charge in [-0.1, -0.05) is 24.3 Å². The minimum Gasteiger partial charge on any atom is -0.365 e. The van der Waals surface area contributed by atoms with Crippen LogP contribution in [-0.4, -0.2) is 17.9 Å². The maximum Gasteiger partial charge on any atom is 0.217 e. The number of anilines is 1. The Hall–Kier alpha value is -1.88. The third kappa shape index (κ3) is 3.32. The van der Waals surface area contributed by atoms with Crippen LogP contribution in [0.15, 0.2) is 29.6 Å². The fourth-order valence-corrected chi connectivity index (χ4v) is 2.53. The predicted molar refractivity (Wildman–Crippen MR) is 79.3 cm³/mol. The van der Waals surface area contributed by atoms with Crippen molar-refractivity contribution < 1.29 is 4.79 Å². The highest BCUT2D eigenvalue weighted by atomic mass is 32.1. The lowest BCUT2D eigenvalue weighted by molar-refractivity contribution is -0.119. The molecule has 1 atom stereocenters. The van der Waals surface area contributed by atoms with Gasteiger partial charge in [0, 0.05) is 24.9 Å². The van der Waals surface area contributed by atoms with E-state index in [4.69, 9.17) is 0 Å². The van der Waals surface area contributed by atoms with E-state index in [1.54, 1.807) is 11.3 Å². The molecule has 0 saturated carbocycles. The van der Waals surface area contributed by atoms with Crippen molar-refractivity contribution in [1.82, 2.24) is 10.3 Å². The van der Waals surface area contributed by atoms with Crippen LogP contribution in [0.4, 0.5) is 5.13 Å². The van der Waals surface area contributed by atoms with E-state index < -0.39 is 0 Å². The van der Waals surface area contributed by atoms with Gasteiger partial charge in [-0.3, -0.25) is 4.79 Å². The van der Waals surface area contributed by atoms with Crippen molar-refractivity contribution in [3.8, 4) is 11.3 Å². The molecule has 1 aromatic carbocycles. The highest BCUT2D eigenvalue weighted by Crippen LogP contribution is 2.25. The summed E-state index contributed by atoms with van der Waals surface area (Å²) in [6.45, 7) is 3.50. The van der Waals surface area contributed by atoms with Crippen LogP contribution in [0, 0.1) is 0 Å². The maximum absolute atomic E-state index is 11.0. The summed E-state index contributed by atoms with van der Waals surface area (Å²) in [5.41, 5.74) is 3.13. The summed E-state index contributed by atoms with van der Waals surface area (Å²) in [6, 6.07) is 8.13. The summed E-state index contributed by atoms with van der Waals surface area (Å²) in [5, 5.41) is 8.83. The summed E-state index contributed by atoms with van der Waals surface area (Å²) >= 11 is 1.58. The molecule has 2 rings (SSSR count). The summed E-state index contributed by atoms with van der Waals surface area (Å²) in [7, 11) is 1.86. The number of aromatic nitrogens is 1. The average molecular weight is 275 g/mol. The fraction of sp³-hybridized carbons (Fsp3) is 0.286. The Balaban J connectivity index is 2.16. The minimum absolute atomic E-state index is 0.0188. The van der Waals surface area contributed by atoms with Gasteiger partial charge in [0.15, 0.2) is 5.13 Å². The molecule has 2 N–H and O–H groups in total. The van der Waals surface area contributed by atoms with Crippen LogP contribution in [0.3, 0.4) is 0 Å². The number of thiazole rings is 1. The number of carbonyl (C=O) groups excluding carboxylic acids is 1. The normalized spacial score (nSPS) is 11.9. The Labute approximate surface area is 116 Å². The van der Waals surface area contributed by atoms with Crippen molar-refractivity contribution in [2.45, 2.75) is 19.9 Å².